The van der Waals surface area contributed by atoms with Gasteiger partial charge in [-0.3, -0.25) is 0 Å². The second kappa shape index (κ2) is 4.49. The Balaban J connectivity index is 2.70. The van der Waals surface area contributed by atoms with E-state index in [1.54, 1.807) is 0 Å². The predicted molar refractivity (Wildman–Crippen MR) is 42.0 cm³/mol. The Morgan fingerprint density at radius 2 is 1.57 bits per heavy atom. The van der Waals surface area contributed by atoms with E-state index in [1.165, 1.54) is 0 Å². The van der Waals surface area contributed by atoms with E-state index in [4.69, 9.17) is 20.4 Å². The van der Waals surface area contributed by atoms with Crippen molar-refractivity contribution in [3.05, 3.63) is 0 Å². The summed E-state index contributed by atoms with van der Waals surface area (Å²) >= 11 is 0. The lowest BCUT2D eigenvalue weighted by Gasteiger charge is -2.39. The molecule has 1 heterocycles. The van der Waals surface area contributed by atoms with Gasteiger partial charge in [0.25, 0.3) is 0 Å². The van der Waals surface area contributed by atoms with Gasteiger partial charge in [0.1, 0.15) is 30.5 Å². The summed E-state index contributed by atoms with van der Waals surface area (Å²) in [5.41, 5.74) is 0. The third-order valence-electron chi connectivity index (χ3n) is 2.19. The van der Waals surface area contributed by atoms with Crippen LogP contribution in [0, 0.1) is 0 Å². The van der Waals surface area contributed by atoms with E-state index in [-0.39, 0.29) is 0 Å². The molecule has 5 unspecified atom stereocenters. The smallest absolute Gasteiger partial charge is 0.184 e. The van der Waals surface area contributed by atoms with Crippen molar-refractivity contribution in [1.82, 2.24) is 0 Å². The Morgan fingerprint density at radius 3 is 2.07 bits per heavy atom. The largest absolute Gasteiger partial charge is 0.394 e. The van der Waals surface area contributed by atoms with E-state index in [2.05, 4.69) is 4.74 Å². The van der Waals surface area contributed by atoms with Crippen molar-refractivity contribution in [3.63, 3.8) is 0 Å². The highest BCUT2D eigenvalue weighted by Gasteiger charge is 2.45. The molecule has 0 aliphatic carbocycles. The fourth-order valence-corrected chi connectivity index (χ4v) is 1.31. The lowest BCUT2D eigenvalue weighted by atomic mass is 9.96. The van der Waals surface area contributed by atoms with Crippen LogP contribution < -0.4 is 0 Å². The number of hydrogen-bond donors (Lipinski definition) is 6. The lowest BCUT2D eigenvalue weighted by Crippen LogP contribution is -2.61. The lowest BCUT2D eigenvalue weighted by molar-refractivity contribution is -0.298. The molecule has 6 atom stereocenters. The highest BCUT2D eigenvalue weighted by atomic mass is 16.6. The molecule has 84 valence electrons. The molecule has 7 nitrogen and oxygen atoms in total. The Labute approximate surface area is 79.8 Å². The first-order valence-corrected chi connectivity index (χ1v) is 4.15. The third-order valence-corrected chi connectivity index (χ3v) is 2.19. The SMILES string of the molecule is OCC(O)C1O[C@@H](O)C(O)C(O)C1O. The number of aliphatic hydroxyl groups is 6. The summed E-state index contributed by atoms with van der Waals surface area (Å²) in [4.78, 5) is 0. The first-order chi connectivity index (χ1) is 6.49. The van der Waals surface area contributed by atoms with Crippen LogP contribution in [-0.4, -0.2) is 74.1 Å². The molecule has 0 saturated carbocycles. The first-order valence-electron chi connectivity index (χ1n) is 4.15. The van der Waals surface area contributed by atoms with Crippen LogP contribution in [0.25, 0.3) is 0 Å². The molecule has 1 rings (SSSR count). The Hall–Kier alpha value is -0.280. The van der Waals surface area contributed by atoms with Gasteiger partial charge in [-0.15, -0.1) is 0 Å². The van der Waals surface area contributed by atoms with Crippen molar-refractivity contribution in [2.75, 3.05) is 6.61 Å². The van der Waals surface area contributed by atoms with Gasteiger partial charge in [0.2, 0.25) is 0 Å². The van der Waals surface area contributed by atoms with Gasteiger partial charge >= 0.3 is 0 Å². The van der Waals surface area contributed by atoms with Crippen LogP contribution in [0.3, 0.4) is 0 Å². The van der Waals surface area contributed by atoms with Crippen LogP contribution in [0.15, 0.2) is 0 Å². The van der Waals surface area contributed by atoms with E-state index in [0.29, 0.717) is 0 Å². The molecule has 0 aromatic rings. The average Bonchev–Trinajstić information content (AvgIpc) is 2.19. The Bertz CT molecular complexity index is 187. The standard InChI is InChI=1S/C7H14O7/c8-1-2(9)6-4(11)3(10)5(12)7(13)14-6/h2-13H,1H2/t2?,3?,4?,5?,6?,7-/m1/s1. The van der Waals surface area contributed by atoms with Crippen molar-refractivity contribution in [1.29, 1.82) is 0 Å². The highest BCUT2D eigenvalue weighted by Crippen LogP contribution is 2.21. The fourth-order valence-electron chi connectivity index (χ4n) is 1.31. The van der Waals surface area contributed by atoms with Gasteiger partial charge in [0.15, 0.2) is 6.29 Å². The molecule has 1 saturated heterocycles. The number of ether oxygens (including phenoxy) is 1. The summed E-state index contributed by atoms with van der Waals surface area (Å²) in [5, 5.41) is 54.3. The van der Waals surface area contributed by atoms with E-state index < -0.39 is 43.4 Å². The van der Waals surface area contributed by atoms with Crippen molar-refractivity contribution < 1.29 is 35.4 Å². The Morgan fingerprint density at radius 1 is 1.00 bits per heavy atom. The number of rotatable bonds is 2. The summed E-state index contributed by atoms with van der Waals surface area (Å²) in [6.45, 7) is -0.683. The van der Waals surface area contributed by atoms with Crippen molar-refractivity contribution in [3.8, 4) is 0 Å². The van der Waals surface area contributed by atoms with Crippen molar-refractivity contribution >= 4 is 0 Å². The van der Waals surface area contributed by atoms with Gasteiger partial charge in [-0.2, -0.15) is 0 Å². The van der Waals surface area contributed by atoms with E-state index in [0.717, 1.165) is 0 Å². The minimum Gasteiger partial charge on any atom is -0.394 e. The maximum absolute atomic E-state index is 9.31. The molecule has 6 N–H and O–H groups in total. The molecular formula is C7H14O7. The summed E-state index contributed by atoms with van der Waals surface area (Å²) in [6, 6.07) is 0. The molecule has 0 bridgehead atoms. The zero-order valence-corrected chi connectivity index (χ0v) is 7.26. The molecule has 0 radical (unpaired) electrons. The molecule has 1 aliphatic heterocycles. The molecule has 0 aromatic carbocycles. The van der Waals surface area contributed by atoms with Gasteiger partial charge in [0.05, 0.1) is 6.61 Å². The third kappa shape index (κ3) is 2.04. The highest BCUT2D eigenvalue weighted by molar-refractivity contribution is 4.91. The average molecular weight is 210 g/mol. The van der Waals surface area contributed by atoms with Gasteiger partial charge in [-0.1, -0.05) is 0 Å². The summed E-state index contributed by atoms with van der Waals surface area (Å²) in [7, 11) is 0. The summed E-state index contributed by atoms with van der Waals surface area (Å²) in [5.74, 6) is 0. The maximum atomic E-state index is 9.31. The zero-order chi connectivity index (χ0) is 10.9. The number of aliphatic hydroxyl groups excluding tert-OH is 6. The van der Waals surface area contributed by atoms with Crippen LogP contribution in [0.2, 0.25) is 0 Å². The van der Waals surface area contributed by atoms with E-state index in [1.807, 2.05) is 0 Å². The van der Waals surface area contributed by atoms with Gasteiger partial charge in [-0.05, 0) is 0 Å². The summed E-state index contributed by atoms with van der Waals surface area (Å²) in [6.07, 6.45) is -9.26. The van der Waals surface area contributed by atoms with Crippen LogP contribution in [0.5, 0.6) is 0 Å². The Kier molecular flexibility index (Phi) is 3.78. The van der Waals surface area contributed by atoms with Gasteiger partial charge in [0, 0.05) is 0 Å². The molecular weight excluding hydrogens is 196 g/mol. The van der Waals surface area contributed by atoms with Crippen LogP contribution in [0.1, 0.15) is 0 Å². The summed E-state index contributed by atoms with van der Waals surface area (Å²) < 4.78 is 4.62. The molecule has 14 heavy (non-hydrogen) atoms. The predicted octanol–water partition coefficient (Wildman–Crippen LogP) is -3.86. The molecule has 0 aromatic heterocycles. The minimum absolute atomic E-state index is 0.683. The van der Waals surface area contributed by atoms with Gasteiger partial charge in [-0.25, -0.2) is 0 Å². The minimum atomic E-state index is -1.69. The zero-order valence-electron chi connectivity index (χ0n) is 7.26. The van der Waals surface area contributed by atoms with E-state index in [9.17, 15) is 10.2 Å². The molecule has 0 amide bonds. The quantitative estimate of drug-likeness (QED) is 0.275. The molecule has 7 heteroatoms. The van der Waals surface area contributed by atoms with E-state index >= 15 is 0 Å². The second-order valence-corrected chi connectivity index (χ2v) is 3.21. The van der Waals surface area contributed by atoms with Crippen LogP contribution >= 0.6 is 0 Å². The van der Waals surface area contributed by atoms with Gasteiger partial charge < -0.3 is 35.4 Å². The van der Waals surface area contributed by atoms with Crippen molar-refractivity contribution in [2.24, 2.45) is 0 Å². The van der Waals surface area contributed by atoms with Crippen LogP contribution in [-0.2, 0) is 4.74 Å². The first kappa shape index (κ1) is 11.8. The molecule has 1 fully saturated rings. The second-order valence-electron chi connectivity index (χ2n) is 3.21. The maximum Gasteiger partial charge on any atom is 0.184 e. The monoisotopic (exact) mass is 210 g/mol. The molecule has 0 spiro atoms. The fraction of sp³-hybridized carbons (Fsp3) is 1.00. The number of hydrogen-bond acceptors (Lipinski definition) is 7. The van der Waals surface area contributed by atoms with Crippen LogP contribution in [0.4, 0.5) is 0 Å². The topological polar surface area (TPSA) is 131 Å². The normalized spacial score (nSPS) is 46.3. The molecule has 1 aliphatic rings. The van der Waals surface area contributed by atoms with Crippen molar-refractivity contribution in [2.45, 2.75) is 36.8 Å².